The van der Waals surface area contributed by atoms with Gasteiger partial charge in [0, 0.05) is 29.8 Å². The van der Waals surface area contributed by atoms with E-state index in [1.807, 2.05) is 48.1 Å². The molecule has 0 unspecified atom stereocenters. The van der Waals surface area contributed by atoms with Gasteiger partial charge in [0.15, 0.2) is 5.82 Å². The van der Waals surface area contributed by atoms with Gasteiger partial charge in [0.05, 0.1) is 55.1 Å². The van der Waals surface area contributed by atoms with Crippen LogP contribution < -0.4 is 10.2 Å². The van der Waals surface area contributed by atoms with Gasteiger partial charge in [-0.15, -0.1) is 10.2 Å². The maximum Gasteiger partial charge on any atom is 0.257 e. The number of carbonyl (C=O) groups is 1. The van der Waals surface area contributed by atoms with Crippen molar-refractivity contribution in [2.45, 2.75) is 21.1 Å². The second-order valence-electron chi connectivity index (χ2n) is 12.5. The van der Waals surface area contributed by atoms with Gasteiger partial charge in [-0.2, -0.15) is 0 Å². The first-order valence-corrected chi connectivity index (χ1v) is 13.0. The quantitative estimate of drug-likeness (QED) is 0.287. The molecule has 0 atom stereocenters. The summed E-state index contributed by atoms with van der Waals surface area (Å²) >= 11 is 0. The summed E-state index contributed by atoms with van der Waals surface area (Å²) in [5, 5.41) is 11.9. The van der Waals surface area contributed by atoms with Gasteiger partial charge in [-0.3, -0.25) is 4.79 Å². The number of benzene rings is 1. The topological polar surface area (TPSA) is 88.8 Å². The number of imidazole rings is 1. The number of carbonyl (C=O) groups excluding carboxylic acids is 1. The number of rotatable bonds is 4. The zero-order chi connectivity index (χ0) is 27.7. The van der Waals surface area contributed by atoms with Crippen LogP contribution in [-0.4, -0.2) is 104 Å². The fraction of sp³-hybridized carbons (Fsp3) is 0.227. The SMILES string of the molecule is BC1(B)N(c2cc(C(=O)Nc3cc4cc(-c5cncn5C)ccc4nn3)ccn2)C(B)(B)C(B)(B)C1(B)B. The van der Waals surface area contributed by atoms with Crippen molar-refractivity contribution in [3.05, 3.63) is 60.7 Å². The number of nitrogens with one attached hydrogen (secondary N) is 1. The van der Waals surface area contributed by atoms with E-state index in [4.69, 9.17) is 4.98 Å². The molecule has 1 fully saturated rings. The lowest BCUT2D eigenvalue weighted by molar-refractivity contribution is 0.102. The van der Waals surface area contributed by atoms with Gasteiger partial charge in [-0.05, 0) is 41.0 Å². The Balaban J connectivity index is 1.45. The highest BCUT2D eigenvalue weighted by Crippen LogP contribution is 2.63. The summed E-state index contributed by atoms with van der Waals surface area (Å²) in [7, 11) is 20.3. The Labute approximate surface area is 230 Å². The molecule has 8 nitrogen and oxygen atoms in total. The molecule has 1 amide bonds. The molecule has 0 aliphatic carbocycles. The van der Waals surface area contributed by atoms with Crippen LogP contribution in [-0.2, 0) is 7.05 Å². The summed E-state index contributed by atoms with van der Waals surface area (Å²) in [4.78, 5) is 24.7. The summed E-state index contributed by atoms with van der Waals surface area (Å²) < 4.78 is 1.96. The Morgan fingerprint density at radius 2 is 1.58 bits per heavy atom. The maximum atomic E-state index is 13.4. The molecule has 5 rings (SSSR count). The van der Waals surface area contributed by atoms with Crippen LogP contribution in [0, 0.1) is 0 Å². The summed E-state index contributed by atoms with van der Waals surface area (Å²) in [5.41, 5.74) is 3.29. The van der Waals surface area contributed by atoms with Crippen molar-refractivity contribution in [2.24, 2.45) is 7.05 Å². The van der Waals surface area contributed by atoms with Gasteiger partial charge in [-0.1, -0.05) is 16.5 Å². The normalized spacial score (nSPS) is 18.8. The maximum absolute atomic E-state index is 13.4. The molecule has 4 aromatic rings. The fourth-order valence-electron chi connectivity index (χ4n) is 6.13. The van der Waals surface area contributed by atoms with Gasteiger partial charge < -0.3 is 14.8 Å². The third-order valence-electron chi connectivity index (χ3n) is 9.92. The van der Waals surface area contributed by atoms with Crippen LogP contribution in [0.5, 0.6) is 0 Å². The second-order valence-corrected chi connectivity index (χ2v) is 12.5. The van der Waals surface area contributed by atoms with Crippen molar-refractivity contribution in [3.8, 4) is 11.3 Å². The molecule has 4 heterocycles. The molecule has 0 saturated carbocycles. The molecule has 1 aliphatic heterocycles. The van der Waals surface area contributed by atoms with E-state index < -0.39 is 0 Å². The molecule has 1 aromatic carbocycles. The van der Waals surface area contributed by atoms with Crippen LogP contribution in [0.2, 0.25) is 10.4 Å². The van der Waals surface area contributed by atoms with E-state index in [2.05, 4.69) is 88.2 Å². The zero-order valence-corrected chi connectivity index (χ0v) is 23.8. The summed E-state index contributed by atoms with van der Waals surface area (Å²) in [5.74, 6) is 0.933. The van der Waals surface area contributed by atoms with Gasteiger partial charge in [-0.25, -0.2) is 9.97 Å². The molecule has 0 bridgehead atoms. The summed E-state index contributed by atoms with van der Waals surface area (Å²) in [6.07, 6.45) is 5.30. The molecular formula is C22H29B8N7O. The van der Waals surface area contributed by atoms with Gasteiger partial charge in [0.25, 0.3) is 5.91 Å². The first kappa shape index (κ1) is 26.3. The van der Waals surface area contributed by atoms with Crippen molar-refractivity contribution in [1.82, 2.24) is 24.7 Å². The predicted octanol–water partition coefficient (Wildman–Crippen LogP) is -4.90. The van der Waals surface area contributed by atoms with Crippen LogP contribution in [0.15, 0.2) is 55.1 Å². The lowest BCUT2D eigenvalue weighted by Crippen LogP contribution is -2.60. The van der Waals surface area contributed by atoms with Gasteiger partial charge in [0.1, 0.15) is 37.2 Å². The number of hydrogen-bond donors (Lipinski definition) is 1. The molecule has 38 heavy (non-hydrogen) atoms. The standard InChI is InChI=1S/C22H29B8N7O/c1-36-10-31-9-15(36)11-2-3-14-13(6-11)7-16(35-34-14)33-18(38)12-4-5-32-17(8-12)37-21(27,28)19(23,24)20(25,26)22(37,29)30/h2-10H,23-30H2,1H3,(H,33,35,38). The van der Waals surface area contributed by atoms with E-state index in [1.165, 1.54) is 0 Å². The first-order valence-electron chi connectivity index (χ1n) is 13.0. The van der Waals surface area contributed by atoms with Crippen molar-refractivity contribution < 1.29 is 4.79 Å². The van der Waals surface area contributed by atoms with Crippen molar-refractivity contribution in [3.63, 3.8) is 0 Å². The molecule has 1 aliphatic rings. The van der Waals surface area contributed by atoms with Crippen molar-refractivity contribution >= 4 is 91.2 Å². The van der Waals surface area contributed by atoms with Crippen molar-refractivity contribution in [2.75, 3.05) is 10.2 Å². The van der Waals surface area contributed by atoms with E-state index in [0.29, 0.717) is 11.4 Å². The number of amides is 1. The monoisotopic (exact) mass is 495 g/mol. The van der Waals surface area contributed by atoms with Gasteiger partial charge >= 0.3 is 0 Å². The minimum absolute atomic E-state index is 0.0154. The Hall–Kier alpha value is -3.29. The number of fused-ring (bicyclic) bond motifs is 1. The fourth-order valence-corrected chi connectivity index (χ4v) is 6.13. The van der Waals surface area contributed by atoms with Crippen LogP contribution in [0.1, 0.15) is 10.4 Å². The third kappa shape index (κ3) is 3.75. The lowest BCUT2D eigenvalue weighted by atomic mass is 9.17. The molecular weight excluding hydrogens is 465 g/mol. The molecule has 182 valence electrons. The molecule has 16 heteroatoms. The molecule has 3 aromatic heterocycles. The zero-order valence-electron chi connectivity index (χ0n) is 23.8. The number of aromatic nitrogens is 5. The minimum atomic E-state index is -0.251. The Bertz CT molecular complexity index is 1550. The summed E-state index contributed by atoms with van der Waals surface area (Å²) in [6, 6.07) is 11.4. The molecule has 1 N–H and O–H groups in total. The van der Waals surface area contributed by atoms with Crippen LogP contribution in [0.3, 0.4) is 0 Å². The van der Waals surface area contributed by atoms with E-state index >= 15 is 0 Å². The minimum Gasteiger partial charge on any atom is -0.379 e. The lowest BCUT2D eigenvalue weighted by Gasteiger charge is -2.46. The van der Waals surface area contributed by atoms with E-state index in [-0.39, 0.29) is 27.0 Å². The van der Waals surface area contributed by atoms with Gasteiger partial charge in [0.2, 0.25) is 0 Å². The number of hydrogen-bond acceptors (Lipinski definition) is 6. The van der Waals surface area contributed by atoms with E-state index in [9.17, 15) is 4.79 Å². The largest absolute Gasteiger partial charge is 0.379 e. The van der Waals surface area contributed by atoms with Crippen molar-refractivity contribution in [1.29, 1.82) is 0 Å². The summed E-state index contributed by atoms with van der Waals surface area (Å²) in [6.45, 7) is 0. The number of aryl methyl sites for hydroxylation is 1. The third-order valence-corrected chi connectivity index (χ3v) is 9.92. The molecule has 0 radical (unpaired) electrons. The highest BCUT2D eigenvalue weighted by molar-refractivity contribution is 6.69. The van der Waals surface area contributed by atoms with Crippen LogP contribution >= 0.6 is 0 Å². The highest BCUT2D eigenvalue weighted by Gasteiger charge is 2.65. The van der Waals surface area contributed by atoms with E-state index in [1.54, 1.807) is 18.6 Å². The second kappa shape index (κ2) is 8.61. The average Bonchev–Trinajstić information content (AvgIpc) is 3.31. The number of anilines is 2. The van der Waals surface area contributed by atoms with E-state index in [0.717, 1.165) is 28.0 Å². The Morgan fingerprint density at radius 3 is 2.21 bits per heavy atom. The number of nitrogens with zero attached hydrogens (tertiary/aromatic N) is 6. The highest BCUT2D eigenvalue weighted by atomic mass is 16.1. The molecule has 1 saturated heterocycles. The Kier molecular flexibility index (Phi) is 5.97. The smallest absolute Gasteiger partial charge is 0.257 e. The molecule has 0 spiro atoms. The average molecular weight is 494 g/mol. The number of pyridine rings is 1. The predicted molar refractivity (Wildman–Crippen MR) is 176 cm³/mol. The van der Waals surface area contributed by atoms with Crippen LogP contribution in [0.25, 0.3) is 22.2 Å². The van der Waals surface area contributed by atoms with Crippen LogP contribution in [0.4, 0.5) is 11.6 Å². The Morgan fingerprint density at radius 1 is 0.895 bits per heavy atom. The first-order chi connectivity index (χ1) is 17.7.